The van der Waals surface area contributed by atoms with Gasteiger partial charge in [-0.25, -0.2) is 4.98 Å². The molecule has 0 aromatic carbocycles. The standard InChI is InChI=1S/C15H24N4S/c1-6-8-15(3,4)19-12-11-9-10(7-2)20-13(11)18-14(16-5)17-12/h9H,6-8H2,1-5H3,(H2,16,17,18,19). The molecule has 0 radical (unpaired) electrons. The second kappa shape index (κ2) is 5.95. The highest BCUT2D eigenvalue weighted by Gasteiger charge is 2.20. The average Bonchev–Trinajstić information content (AvgIpc) is 2.81. The number of anilines is 2. The molecule has 20 heavy (non-hydrogen) atoms. The van der Waals surface area contributed by atoms with E-state index in [9.17, 15) is 0 Å². The van der Waals surface area contributed by atoms with Crippen molar-refractivity contribution in [3.8, 4) is 0 Å². The maximum atomic E-state index is 4.61. The van der Waals surface area contributed by atoms with E-state index in [1.54, 1.807) is 11.3 Å². The Balaban J connectivity index is 2.46. The van der Waals surface area contributed by atoms with E-state index in [-0.39, 0.29) is 5.54 Å². The van der Waals surface area contributed by atoms with Crippen molar-refractivity contribution in [1.82, 2.24) is 9.97 Å². The van der Waals surface area contributed by atoms with Crippen LogP contribution in [0.2, 0.25) is 0 Å². The molecule has 0 fully saturated rings. The van der Waals surface area contributed by atoms with Crippen LogP contribution >= 0.6 is 11.3 Å². The molecule has 0 saturated carbocycles. The highest BCUT2D eigenvalue weighted by molar-refractivity contribution is 7.18. The van der Waals surface area contributed by atoms with Crippen LogP contribution in [0.5, 0.6) is 0 Å². The van der Waals surface area contributed by atoms with E-state index >= 15 is 0 Å². The van der Waals surface area contributed by atoms with Gasteiger partial charge in [0, 0.05) is 17.5 Å². The summed E-state index contributed by atoms with van der Waals surface area (Å²) in [4.78, 5) is 11.6. The van der Waals surface area contributed by atoms with Gasteiger partial charge in [0.25, 0.3) is 0 Å². The summed E-state index contributed by atoms with van der Waals surface area (Å²) in [6.45, 7) is 8.82. The number of nitrogens with one attached hydrogen (secondary N) is 2. The van der Waals surface area contributed by atoms with Crippen LogP contribution in [0.1, 0.15) is 45.4 Å². The molecular formula is C15H24N4S. The normalized spacial score (nSPS) is 11.8. The zero-order valence-electron chi connectivity index (χ0n) is 13.0. The lowest BCUT2D eigenvalue weighted by molar-refractivity contribution is 0.510. The number of rotatable bonds is 6. The van der Waals surface area contributed by atoms with Gasteiger partial charge in [0.15, 0.2) is 0 Å². The fourth-order valence-corrected chi connectivity index (χ4v) is 3.33. The first-order chi connectivity index (χ1) is 9.49. The largest absolute Gasteiger partial charge is 0.364 e. The van der Waals surface area contributed by atoms with Gasteiger partial charge in [-0.1, -0.05) is 20.3 Å². The number of thiophene rings is 1. The third-order valence-electron chi connectivity index (χ3n) is 3.35. The Morgan fingerprint density at radius 1 is 1.25 bits per heavy atom. The third kappa shape index (κ3) is 3.20. The first-order valence-electron chi connectivity index (χ1n) is 7.25. The minimum Gasteiger partial charge on any atom is -0.364 e. The highest BCUT2D eigenvalue weighted by Crippen LogP contribution is 2.32. The van der Waals surface area contributed by atoms with Gasteiger partial charge >= 0.3 is 0 Å². The maximum absolute atomic E-state index is 4.61. The summed E-state index contributed by atoms with van der Waals surface area (Å²) in [5.74, 6) is 1.62. The molecule has 0 atom stereocenters. The molecule has 4 nitrogen and oxygen atoms in total. The van der Waals surface area contributed by atoms with E-state index < -0.39 is 0 Å². The minimum absolute atomic E-state index is 0.0371. The van der Waals surface area contributed by atoms with Crippen LogP contribution in [-0.2, 0) is 6.42 Å². The smallest absolute Gasteiger partial charge is 0.225 e. The van der Waals surface area contributed by atoms with E-state index in [1.165, 1.54) is 4.88 Å². The fourth-order valence-electron chi connectivity index (χ4n) is 2.36. The van der Waals surface area contributed by atoms with Gasteiger partial charge in [0.2, 0.25) is 5.95 Å². The Morgan fingerprint density at radius 2 is 2.00 bits per heavy atom. The van der Waals surface area contributed by atoms with Crippen molar-refractivity contribution < 1.29 is 0 Å². The molecule has 0 amide bonds. The Morgan fingerprint density at radius 3 is 2.60 bits per heavy atom. The third-order valence-corrected chi connectivity index (χ3v) is 4.52. The number of aryl methyl sites for hydroxylation is 1. The molecule has 2 heterocycles. The predicted octanol–water partition coefficient (Wildman–Crippen LogP) is 4.29. The van der Waals surface area contributed by atoms with Gasteiger partial charge in [-0.15, -0.1) is 11.3 Å². The summed E-state index contributed by atoms with van der Waals surface area (Å²) in [6, 6.07) is 2.21. The van der Waals surface area contributed by atoms with E-state index in [1.807, 2.05) is 7.05 Å². The quantitative estimate of drug-likeness (QED) is 0.834. The molecule has 2 rings (SSSR count). The van der Waals surface area contributed by atoms with Crippen molar-refractivity contribution in [1.29, 1.82) is 0 Å². The molecular weight excluding hydrogens is 268 g/mol. The lowest BCUT2D eigenvalue weighted by Gasteiger charge is -2.26. The van der Waals surface area contributed by atoms with Gasteiger partial charge in [-0.2, -0.15) is 4.98 Å². The molecule has 0 unspecified atom stereocenters. The highest BCUT2D eigenvalue weighted by atomic mass is 32.1. The summed E-state index contributed by atoms with van der Waals surface area (Å²) in [5.41, 5.74) is 0.0371. The zero-order chi connectivity index (χ0) is 14.8. The average molecular weight is 292 g/mol. The molecule has 2 aromatic heterocycles. The monoisotopic (exact) mass is 292 g/mol. The Bertz CT molecular complexity index is 589. The number of hydrogen-bond donors (Lipinski definition) is 2. The van der Waals surface area contributed by atoms with E-state index in [0.717, 1.165) is 35.3 Å². The number of hydrogen-bond acceptors (Lipinski definition) is 5. The Labute approximate surface area is 125 Å². The second-order valence-electron chi connectivity index (χ2n) is 5.69. The molecule has 0 aliphatic rings. The van der Waals surface area contributed by atoms with Crippen molar-refractivity contribution in [2.75, 3.05) is 17.7 Å². The van der Waals surface area contributed by atoms with Gasteiger partial charge in [0.1, 0.15) is 10.6 Å². The summed E-state index contributed by atoms with van der Waals surface area (Å²) in [5, 5.41) is 7.77. The lowest BCUT2D eigenvalue weighted by atomic mass is 9.99. The molecule has 0 spiro atoms. The minimum atomic E-state index is 0.0371. The summed E-state index contributed by atoms with van der Waals surface area (Å²) in [6.07, 6.45) is 3.29. The van der Waals surface area contributed by atoms with Crippen LogP contribution in [0.3, 0.4) is 0 Å². The van der Waals surface area contributed by atoms with Crippen LogP contribution in [0.25, 0.3) is 10.2 Å². The van der Waals surface area contributed by atoms with Crippen LogP contribution in [0.4, 0.5) is 11.8 Å². The van der Waals surface area contributed by atoms with Gasteiger partial charge < -0.3 is 10.6 Å². The molecule has 0 aliphatic heterocycles. The molecule has 110 valence electrons. The van der Waals surface area contributed by atoms with Crippen LogP contribution in [0, 0.1) is 0 Å². The molecule has 2 N–H and O–H groups in total. The first-order valence-corrected chi connectivity index (χ1v) is 8.07. The molecule has 2 aromatic rings. The summed E-state index contributed by atoms with van der Waals surface area (Å²) in [7, 11) is 1.86. The van der Waals surface area contributed by atoms with Crippen molar-refractivity contribution in [3.63, 3.8) is 0 Å². The Kier molecular flexibility index (Phi) is 4.48. The number of aromatic nitrogens is 2. The van der Waals surface area contributed by atoms with Gasteiger partial charge in [-0.05, 0) is 32.8 Å². The van der Waals surface area contributed by atoms with E-state index in [4.69, 9.17) is 0 Å². The van der Waals surface area contributed by atoms with Crippen molar-refractivity contribution >= 4 is 33.3 Å². The fraction of sp³-hybridized carbons (Fsp3) is 0.600. The van der Waals surface area contributed by atoms with Gasteiger partial charge in [-0.3, -0.25) is 0 Å². The van der Waals surface area contributed by atoms with Crippen LogP contribution in [-0.4, -0.2) is 22.6 Å². The number of nitrogens with zero attached hydrogens (tertiary/aromatic N) is 2. The Hall–Kier alpha value is -1.36. The van der Waals surface area contributed by atoms with E-state index in [2.05, 4.69) is 54.4 Å². The molecule has 0 aliphatic carbocycles. The zero-order valence-corrected chi connectivity index (χ0v) is 13.8. The molecule has 0 bridgehead atoms. The predicted molar refractivity (Wildman–Crippen MR) is 88.9 cm³/mol. The lowest BCUT2D eigenvalue weighted by Crippen LogP contribution is -2.31. The number of fused-ring (bicyclic) bond motifs is 1. The van der Waals surface area contributed by atoms with E-state index in [0.29, 0.717) is 5.95 Å². The summed E-state index contributed by atoms with van der Waals surface area (Å²) < 4.78 is 0. The molecule has 0 saturated heterocycles. The van der Waals surface area contributed by atoms with Gasteiger partial charge in [0.05, 0.1) is 5.39 Å². The van der Waals surface area contributed by atoms with Crippen LogP contribution in [0.15, 0.2) is 6.07 Å². The van der Waals surface area contributed by atoms with Crippen molar-refractivity contribution in [2.45, 2.75) is 52.5 Å². The maximum Gasteiger partial charge on any atom is 0.225 e. The summed E-state index contributed by atoms with van der Waals surface area (Å²) >= 11 is 1.75. The second-order valence-corrected chi connectivity index (χ2v) is 6.80. The SMILES string of the molecule is CCCC(C)(C)Nc1nc(NC)nc2sc(CC)cc12. The topological polar surface area (TPSA) is 49.8 Å². The first kappa shape index (κ1) is 15.0. The molecule has 5 heteroatoms. The van der Waals surface area contributed by atoms with Crippen molar-refractivity contribution in [2.24, 2.45) is 0 Å². The van der Waals surface area contributed by atoms with Crippen LogP contribution < -0.4 is 10.6 Å². The van der Waals surface area contributed by atoms with Crippen molar-refractivity contribution in [3.05, 3.63) is 10.9 Å².